The van der Waals surface area contributed by atoms with Gasteiger partial charge in [0.15, 0.2) is 0 Å². The van der Waals surface area contributed by atoms with Gasteiger partial charge in [-0.25, -0.2) is 4.79 Å². The second-order valence-electron chi connectivity index (χ2n) is 4.22. The Labute approximate surface area is 96.2 Å². The summed E-state index contributed by atoms with van der Waals surface area (Å²) in [6, 6.07) is 10.4. The maximum absolute atomic E-state index is 11.6. The van der Waals surface area contributed by atoms with E-state index in [1.54, 1.807) is 12.1 Å². The van der Waals surface area contributed by atoms with Crippen LogP contribution in [-0.4, -0.2) is 12.1 Å². The quantitative estimate of drug-likeness (QED) is 0.785. The predicted octanol–water partition coefficient (Wildman–Crippen LogP) is 2.94. The number of nitrogens with one attached hydrogen (secondary N) is 2. The maximum atomic E-state index is 11.6. The van der Waals surface area contributed by atoms with Gasteiger partial charge in [-0.1, -0.05) is 31.4 Å². The highest BCUT2D eigenvalue weighted by Crippen LogP contribution is 2.17. The zero-order valence-electron chi connectivity index (χ0n) is 9.33. The van der Waals surface area contributed by atoms with Gasteiger partial charge in [-0.05, 0) is 31.0 Å². The van der Waals surface area contributed by atoms with Gasteiger partial charge >= 0.3 is 6.03 Å². The topological polar surface area (TPSA) is 41.1 Å². The number of anilines is 1. The van der Waals surface area contributed by atoms with E-state index in [0.717, 1.165) is 18.5 Å². The Hall–Kier alpha value is -1.51. The summed E-state index contributed by atoms with van der Waals surface area (Å²) in [4.78, 5) is 11.6. The van der Waals surface area contributed by atoms with Crippen molar-refractivity contribution < 1.29 is 4.79 Å². The lowest BCUT2D eigenvalue weighted by Gasteiger charge is -2.22. The van der Waals surface area contributed by atoms with Gasteiger partial charge in [0.05, 0.1) is 0 Å². The second kappa shape index (κ2) is 5.54. The second-order valence-corrected chi connectivity index (χ2v) is 4.22. The van der Waals surface area contributed by atoms with Crippen molar-refractivity contribution in [1.29, 1.82) is 0 Å². The molecule has 0 bridgehead atoms. The van der Waals surface area contributed by atoms with Crippen LogP contribution < -0.4 is 10.6 Å². The van der Waals surface area contributed by atoms with Crippen molar-refractivity contribution in [3.8, 4) is 0 Å². The van der Waals surface area contributed by atoms with Crippen molar-refractivity contribution in [2.45, 2.75) is 38.1 Å². The summed E-state index contributed by atoms with van der Waals surface area (Å²) in [6.07, 6.45) is 5.97. The van der Waals surface area contributed by atoms with Gasteiger partial charge in [0.25, 0.3) is 0 Å². The average Bonchev–Trinajstić information content (AvgIpc) is 2.31. The number of carbonyl (C=O) groups is 1. The van der Waals surface area contributed by atoms with Gasteiger partial charge in [0.1, 0.15) is 0 Å². The Morgan fingerprint density at radius 3 is 2.56 bits per heavy atom. The standard InChI is InChI=1S/C13H17N2O/c16-13(14-11-7-3-1-4-8-11)15-12-9-5-2-6-10-12/h5-6,9-11H,1,3-4,7-8H2,(H2,14,15,16). The molecule has 1 saturated carbocycles. The fourth-order valence-electron chi connectivity index (χ4n) is 2.07. The molecule has 0 aliphatic heterocycles. The maximum Gasteiger partial charge on any atom is 0.319 e. The van der Waals surface area contributed by atoms with Crippen molar-refractivity contribution in [3.05, 3.63) is 30.3 Å². The van der Waals surface area contributed by atoms with Crippen LogP contribution in [0.5, 0.6) is 0 Å². The van der Waals surface area contributed by atoms with Gasteiger partial charge in [-0.15, -0.1) is 0 Å². The minimum absolute atomic E-state index is 0.0990. The van der Waals surface area contributed by atoms with Crippen LogP contribution in [0, 0.1) is 6.07 Å². The molecule has 2 N–H and O–H groups in total. The predicted molar refractivity (Wildman–Crippen MR) is 64.3 cm³/mol. The van der Waals surface area contributed by atoms with Gasteiger partial charge in [-0.2, -0.15) is 0 Å². The zero-order valence-corrected chi connectivity index (χ0v) is 9.33. The van der Waals surface area contributed by atoms with E-state index >= 15 is 0 Å². The molecule has 0 heterocycles. The molecule has 3 heteroatoms. The lowest BCUT2D eigenvalue weighted by molar-refractivity contribution is 0.244. The molecule has 1 aromatic carbocycles. The Morgan fingerprint density at radius 1 is 1.19 bits per heavy atom. The summed E-state index contributed by atoms with van der Waals surface area (Å²) in [6.45, 7) is 0. The van der Waals surface area contributed by atoms with Crippen LogP contribution in [0.3, 0.4) is 0 Å². The first-order valence-corrected chi connectivity index (χ1v) is 5.88. The Morgan fingerprint density at radius 2 is 1.88 bits per heavy atom. The monoisotopic (exact) mass is 217 g/mol. The molecule has 3 nitrogen and oxygen atoms in total. The highest BCUT2D eigenvalue weighted by molar-refractivity contribution is 5.89. The summed E-state index contributed by atoms with van der Waals surface area (Å²) in [7, 11) is 0. The molecular weight excluding hydrogens is 200 g/mol. The van der Waals surface area contributed by atoms with E-state index in [-0.39, 0.29) is 6.03 Å². The summed E-state index contributed by atoms with van der Waals surface area (Å²) in [5.74, 6) is 0. The van der Waals surface area contributed by atoms with Gasteiger partial charge in [-0.3, -0.25) is 0 Å². The first-order chi connectivity index (χ1) is 7.84. The van der Waals surface area contributed by atoms with Crippen LogP contribution in [-0.2, 0) is 0 Å². The molecule has 1 aliphatic rings. The molecule has 1 fully saturated rings. The summed E-state index contributed by atoms with van der Waals surface area (Å²) in [5.41, 5.74) is 0.812. The largest absolute Gasteiger partial charge is 0.335 e. The number of rotatable bonds is 2. The molecule has 1 aliphatic carbocycles. The minimum Gasteiger partial charge on any atom is -0.335 e. The van der Waals surface area contributed by atoms with Crippen molar-refractivity contribution >= 4 is 11.7 Å². The molecule has 0 saturated heterocycles. The zero-order chi connectivity index (χ0) is 11.2. The van der Waals surface area contributed by atoms with E-state index in [2.05, 4.69) is 16.7 Å². The first kappa shape index (κ1) is 11.0. The third-order valence-electron chi connectivity index (χ3n) is 2.92. The Bertz CT molecular complexity index is 331. The summed E-state index contributed by atoms with van der Waals surface area (Å²) >= 11 is 0. The van der Waals surface area contributed by atoms with E-state index in [1.807, 2.05) is 12.1 Å². The SMILES string of the molecule is O=C(Nc1cc[c]cc1)NC1CCCCC1. The van der Waals surface area contributed by atoms with Crippen LogP contribution in [0.25, 0.3) is 0 Å². The average molecular weight is 217 g/mol. The molecule has 1 aromatic rings. The molecule has 16 heavy (non-hydrogen) atoms. The molecule has 0 spiro atoms. The molecule has 0 atom stereocenters. The molecular formula is C13H17N2O. The fourth-order valence-corrected chi connectivity index (χ4v) is 2.07. The van der Waals surface area contributed by atoms with Crippen LogP contribution in [0.4, 0.5) is 10.5 Å². The third kappa shape index (κ3) is 3.26. The van der Waals surface area contributed by atoms with E-state index in [9.17, 15) is 4.79 Å². The Kier molecular flexibility index (Phi) is 3.81. The number of hydrogen-bond donors (Lipinski definition) is 2. The molecule has 1 radical (unpaired) electrons. The van der Waals surface area contributed by atoms with E-state index in [0.29, 0.717) is 6.04 Å². The van der Waals surface area contributed by atoms with Gasteiger partial charge in [0, 0.05) is 11.7 Å². The molecule has 85 valence electrons. The Balaban J connectivity index is 1.80. The lowest BCUT2D eigenvalue weighted by atomic mass is 9.96. The number of urea groups is 1. The fraction of sp³-hybridized carbons (Fsp3) is 0.462. The summed E-state index contributed by atoms with van der Waals surface area (Å²) < 4.78 is 0. The minimum atomic E-state index is -0.0990. The highest BCUT2D eigenvalue weighted by Gasteiger charge is 2.15. The number of benzene rings is 1. The van der Waals surface area contributed by atoms with E-state index in [4.69, 9.17) is 0 Å². The molecule has 0 aromatic heterocycles. The summed E-state index contributed by atoms with van der Waals surface area (Å²) in [5, 5.41) is 5.83. The molecule has 2 amide bonds. The number of hydrogen-bond acceptors (Lipinski definition) is 1. The van der Waals surface area contributed by atoms with Crippen LogP contribution >= 0.6 is 0 Å². The normalized spacial score (nSPS) is 16.8. The number of carbonyl (C=O) groups excluding carboxylic acids is 1. The van der Waals surface area contributed by atoms with Crippen molar-refractivity contribution in [1.82, 2.24) is 5.32 Å². The van der Waals surface area contributed by atoms with Crippen molar-refractivity contribution in [2.24, 2.45) is 0 Å². The molecule has 2 rings (SSSR count). The van der Waals surface area contributed by atoms with Crippen molar-refractivity contribution in [2.75, 3.05) is 5.32 Å². The van der Waals surface area contributed by atoms with Gasteiger partial charge in [0.2, 0.25) is 0 Å². The van der Waals surface area contributed by atoms with Crippen LogP contribution in [0.1, 0.15) is 32.1 Å². The van der Waals surface area contributed by atoms with Crippen LogP contribution in [0.15, 0.2) is 24.3 Å². The van der Waals surface area contributed by atoms with E-state index in [1.165, 1.54) is 19.3 Å². The smallest absolute Gasteiger partial charge is 0.319 e. The van der Waals surface area contributed by atoms with Crippen LogP contribution in [0.2, 0.25) is 0 Å². The molecule has 0 unspecified atom stereocenters. The van der Waals surface area contributed by atoms with Crippen molar-refractivity contribution in [3.63, 3.8) is 0 Å². The van der Waals surface area contributed by atoms with E-state index < -0.39 is 0 Å². The third-order valence-corrected chi connectivity index (χ3v) is 2.92. The van der Waals surface area contributed by atoms with Gasteiger partial charge < -0.3 is 10.6 Å². The number of amides is 2. The first-order valence-electron chi connectivity index (χ1n) is 5.88. The lowest BCUT2D eigenvalue weighted by Crippen LogP contribution is -2.38. The highest BCUT2D eigenvalue weighted by atomic mass is 16.2.